The van der Waals surface area contributed by atoms with Crippen LogP contribution in [0.1, 0.15) is 25.2 Å². The highest BCUT2D eigenvalue weighted by atomic mass is 16.4. The summed E-state index contributed by atoms with van der Waals surface area (Å²) in [5, 5.41) is 18.4. The third-order valence-corrected chi connectivity index (χ3v) is 3.03. The second kappa shape index (κ2) is 4.67. The summed E-state index contributed by atoms with van der Waals surface area (Å²) in [6.45, 7) is 6.45. The summed E-state index contributed by atoms with van der Waals surface area (Å²) in [4.78, 5) is 24.2. The van der Waals surface area contributed by atoms with E-state index in [2.05, 4.69) is 15.5 Å². The van der Waals surface area contributed by atoms with E-state index in [-0.39, 0.29) is 0 Å². The Kier molecular flexibility index (Phi) is 3.64. The molecule has 0 aliphatic rings. The molecule has 0 aliphatic carbocycles. The maximum Gasteiger partial charge on any atom is 0.329 e. The van der Waals surface area contributed by atoms with E-state index in [4.69, 9.17) is 5.11 Å². The summed E-state index contributed by atoms with van der Waals surface area (Å²) in [5.74, 6) is -1.07. The van der Waals surface area contributed by atoms with Gasteiger partial charge in [0.1, 0.15) is 5.54 Å². The summed E-state index contributed by atoms with van der Waals surface area (Å²) in [6.07, 6.45) is 0. The monoisotopic (exact) mass is 254 g/mol. The second-order valence-corrected chi connectivity index (χ2v) is 4.66. The van der Waals surface area contributed by atoms with Gasteiger partial charge in [0.2, 0.25) is 0 Å². The Labute approximate surface area is 105 Å². The number of nitrogens with zero attached hydrogens (tertiary/aromatic N) is 2. The van der Waals surface area contributed by atoms with Gasteiger partial charge in [0, 0.05) is 7.05 Å². The molecule has 1 aromatic rings. The number of likely N-dealkylation sites (N-methyl/N-ethyl adjacent to an activating group) is 1. The first-order valence-electron chi connectivity index (χ1n) is 5.47. The molecule has 0 atom stereocenters. The number of aromatic amines is 1. The van der Waals surface area contributed by atoms with Gasteiger partial charge in [-0.05, 0) is 27.7 Å². The van der Waals surface area contributed by atoms with E-state index >= 15 is 0 Å². The number of nitrogens with one attached hydrogen (secondary N) is 2. The number of rotatable bonds is 3. The molecular formula is C11H18N4O3. The van der Waals surface area contributed by atoms with Crippen LogP contribution in [0.5, 0.6) is 0 Å². The predicted octanol–water partition coefficient (Wildman–Crippen LogP) is 1.35. The number of hydrogen-bond acceptors (Lipinski definition) is 3. The number of carboxylic acid groups (broad SMARTS) is 1. The number of H-pyrrole nitrogens is 1. The summed E-state index contributed by atoms with van der Waals surface area (Å²) in [6, 6.07) is -0.491. The normalized spacial score (nSPS) is 11.2. The van der Waals surface area contributed by atoms with Crippen LogP contribution in [-0.2, 0) is 4.79 Å². The van der Waals surface area contributed by atoms with Crippen molar-refractivity contribution in [3.63, 3.8) is 0 Å². The maximum atomic E-state index is 12.0. The first-order valence-corrected chi connectivity index (χ1v) is 5.47. The first-order chi connectivity index (χ1) is 8.17. The van der Waals surface area contributed by atoms with Crippen molar-refractivity contribution < 1.29 is 14.7 Å². The van der Waals surface area contributed by atoms with E-state index in [1.54, 1.807) is 13.8 Å². The van der Waals surface area contributed by atoms with Gasteiger partial charge in [0.25, 0.3) is 0 Å². The standard InChI is InChI=1S/C11H18N4O3/c1-6-8(7(2)14-13-6)12-10(18)15(5)11(3,4)9(16)17/h1-5H3,(H,12,18)(H,13,14)(H,16,17). The molecule has 7 nitrogen and oxygen atoms in total. The Morgan fingerprint density at radius 2 is 1.94 bits per heavy atom. The van der Waals surface area contributed by atoms with E-state index in [9.17, 15) is 9.59 Å². The number of aryl methyl sites for hydroxylation is 2. The van der Waals surface area contributed by atoms with Crippen molar-refractivity contribution in [2.75, 3.05) is 12.4 Å². The lowest BCUT2D eigenvalue weighted by Crippen LogP contribution is -2.52. The summed E-state index contributed by atoms with van der Waals surface area (Å²) >= 11 is 0. The minimum absolute atomic E-state index is 0.491. The van der Waals surface area contributed by atoms with E-state index < -0.39 is 17.5 Å². The zero-order valence-corrected chi connectivity index (χ0v) is 11.2. The lowest BCUT2D eigenvalue weighted by molar-refractivity contribution is -0.146. The van der Waals surface area contributed by atoms with Gasteiger partial charge < -0.3 is 15.3 Å². The third-order valence-electron chi connectivity index (χ3n) is 3.03. The average molecular weight is 254 g/mol. The number of aliphatic carboxylic acids is 1. The van der Waals surface area contributed by atoms with Crippen molar-refractivity contribution in [2.45, 2.75) is 33.2 Å². The predicted molar refractivity (Wildman–Crippen MR) is 66.6 cm³/mol. The number of anilines is 1. The first kappa shape index (κ1) is 14.0. The van der Waals surface area contributed by atoms with Crippen molar-refractivity contribution in [1.29, 1.82) is 0 Å². The van der Waals surface area contributed by atoms with Gasteiger partial charge in [0.15, 0.2) is 0 Å². The van der Waals surface area contributed by atoms with E-state index in [0.717, 1.165) is 10.6 Å². The molecule has 7 heteroatoms. The van der Waals surface area contributed by atoms with Gasteiger partial charge in [-0.1, -0.05) is 0 Å². The highest BCUT2D eigenvalue weighted by molar-refractivity contribution is 5.94. The van der Waals surface area contributed by atoms with Crippen LogP contribution in [-0.4, -0.2) is 44.8 Å². The zero-order valence-electron chi connectivity index (χ0n) is 11.2. The molecule has 1 heterocycles. The number of carbonyl (C=O) groups is 2. The lowest BCUT2D eigenvalue weighted by Gasteiger charge is -2.31. The average Bonchev–Trinajstić information content (AvgIpc) is 2.59. The molecule has 1 aromatic heterocycles. The Balaban J connectivity index is 2.87. The van der Waals surface area contributed by atoms with Gasteiger partial charge in [-0.3, -0.25) is 5.10 Å². The molecule has 2 amide bonds. The zero-order chi connectivity index (χ0) is 14.1. The number of carboxylic acids is 1. The van der Waals surface area contributed by atoms with Gasteiger partial charge >= 0.3 is 12.0 Å². The topological polar surface area (TPSA) is 98.3 Å². The molecule has 0 aliphatic heterocycles. The number of aromatic nitrogens is 2. The van der Waals surface area contributed by atoms with Crippen LogP contribution in [0.4, 0.5) is 10.5 Å². The molecule has 3 N–H and O–H groups in total. The van der Waals surface area contributed by atoms with Crippen molar-refractivity contribution in [2.24, 2.45) is 0 Å². The second-order valence-electron chi connectivity index (χ2n) is 4.66. The summed E-state index contributed by atoms with van der Waals surface area (Å²) in [7, 11) is 1.44. The third kappa shape index (κ3) is 2.44. The smallest absolute Gasteiger partial charge is 0.329 e. The van der Waals surface area contributed by atoms with E-state index in [1.165, 1.54) is 20.9 Å². The van der Waals surface area contributed by atoms with Crippen LogP contribution in [0, 0.1) is 13.8 Å². The fraction of sp³-hybridized carbons (Fsp3) is 0.545. The SMILES string of the molecule is Cc1n[nH]c(C)c1NC(=O)N(C)C(C)(C)C(=O)O. The Morgan fingerprint density at radius 1 is 1.39 bits per heavy atom. The minimum Gasteiger partial charge on any atom is -0.480 e. The van der Waals surface area contributed by atoms with Gasteiger partial charge in [0.05, 0.1) is 17.1 Å². The largest absolute Gasteiger partial charge is 0.480 e. The lowest BCUT2D eigenvalue weighted by atomic mass is 10.1. The van der Waals surface area contributed by atoms with Gasteiger partial charge in [-0.15, -0.1) is 0 Å². The molecule has 0 saturated heterocycles. The van der Waals surface area contributed by atoms with Crippen LogP contribution in [0.25, 0.3) is 0 Å². The van der Waals surface area contributed by atoms with Crippen LogP contribution in [0.3, 0.4) is 0 Å². The van der Waals surface area contributed by atoms with Crippen LogP contribution in [0.2, 0.25) is 0 Å². The van der Waals surface area contributed by atoms with Crippen LogP contribution >= 0.6 is 0 Å². The molecule has 0 aromatic carbocycles. The van der Waals surface area contributed by atoms with Gasteiger partial charge in [-0.2, -0.15) is 5.10 Å². The van der Waals surface area contributed by atoms with Crippen LogP contribution < -0.4 is 5.32 Å². The summed E-state index contributed by atoms with van der Waals surface area (Å²) < 4.78 is 0. The maximum absolute atomic E-state index is 12.0. The molecule has 0 radical (unpaired) electrons. The molecule has 100 valence electrons. The number of hydrogen-bond donors (Lipinski definition) is 3. The molecule has 0 unspecified atom stereocenters. The Hall–Kier alpha value is -2.05. The van der Waals surface area contributed by atoms with Crippen molar-refractivity contribution in [1.82, 2.24) is 15.1 Å². The molecule has 0 fully saturated rings. The van der Waals surface area contributed by atoms with E-state index in [1.807, 2.05) is 0 Å². The molecule has 0 saturated carbocycles. The quantitative estimate of drug-likeness (QED) is 0.758. The van der Waals surface area contributed by atoms with Crippen LogP contribution in [0.15, 0.2) is 0 Å². The molecule has 0 bridgehead atoms. The number of carbonyl (C=O) groups excluding carboxylic acids is 1. The van der Waals surface area contributed by atoms with Gasteiger partial charge in [-0.25, -0.2) is 9.59 Å². The number of amides is 2. The van der Waals surface area contributed by atoms with E-state index in [0.29, 0.717) is 11.4 Å². The summed E-state index contributed by atoms with van der Waals surface area (Å²) in [5.41, 5.74) is 0.674. The molecule has 1 rings (SSSR count). The molecular weight excluding hydrogens is 236 g/mol. The van der Waals surface area contributed by atoms with Crippen molar-refractivity contribution in [3.05, 3.63) is 11.4 Å². The highest BCUT2D eigenvalue weighted by Crippen LogP contribution is 2.19. The van der Waals surface area contributed by atoms with Crippen molar-refractivity contribution >= 4 is 17.7 Å². The highest BCUT2D eigenvalue weighted by Gasteiger charge is 2.35. The fourth-order valence-electron chi connectivity index (χ4n) is 1.32. The Morgan fingerprint density at radius 3 is 2.33 bits per heavy atom. The molecule has 0 spiro atoms. The Bertz CT molecular complexity index is 459. The van der Waals surface area contributed by atoms with Crippen molar-refractivity contribution in [3.8, 4) is 0 Å². The number of urea groups is 1. The fourth-order valence-corrected chi connectivity index (χ4v) is 1.32. The molecule has 18 heavy (non-hydrogen) atoms. The minimum atomic E-state index is -1.28.